The maximum absolute atomic E-state index is 12.7. The molecule has 0 unspecified atom stereocenters. The second kappa shape index (κ2) is 8.35. The first-order chi connectivity index (χ1) is 14.9. The zero-order chi connectivity index (χ0) is 22.1. The van der Waals surface area contributed by atoms with Crippen LogP contribution >= 0.6 is 0 Å². The van der Waals surface area contributed by atoms with Crippen molar-refractivity contribution in [1.29, 1.82) is 0 Å². The summed E-state index contributed by atoms with van der Waals surface area (Å²) in [6, 6.07) is 5.30. The van der Waals surface area contributed by atoms with Crippen molar-refractivity contribution in [3.8, 4) is 11.1 Å². The number of nitrogens with zero attached hydrogens (tertiary/aromatic N) is 4. The largest absolute Gasteiger partial charge is 0.459 e. The van der Waals surface area contributed by atoms with Crippen molar-refractivity contribution in [2.24, 2.45) is 7.05 Å². The first kappa shape index (κ1) is 20.8. The zero-order valence-corrected chi connectivity index (χ0v) is 17.8. The molecule has 9 nitrogen and oxygen atoms in total. The van der Waals surface area contributed by atoms with E-state index in [1.165, 1.54) is 11.5 Å². The minimum atomic E-state index is -0.215. The van der Waals surface area contributed by atoms with Crippen LogP contribution in [0.3, 0.4) is 0 Å². The Morgan fingerprint density at radius 2 is 2.06 bits per heavy atom. The molecule has 1 fully saturated rings. The number of rotatable bonds is 5. The number of aryl methyl sites for hydroxylation is 1. The third kappa shape index (κ3) is 4.22. The molecule has 3 aromatic heterocycles. The molecular weight excluding hydrogens is 398 g/mol. The van der Waals surface area contributed by atoms with Crippen molar-refractivity contribution in [3.63, 3.8) is 0 Å². The van der Waals surface area contributed by atoms with Gasteiger partial charge in [-0.05, 0) is 30.7 Å². The molecule has 0 saturated carbocycles. The fraction of sp³-hybridized carbons (Fsp3) is 0.364. The number of piperazine rings is 1. The lowest BCUT2D eigenvalue weighted by Gasteiger charge is -2.33. The van der Waals surface area contributed by atoms with Crippen LogP contribution < -0.4 is 10.9 Å². The van der Waals surface area contributed by atoms with E-state index < -0.39 is 0 Å². The highest BCUT2D eigenvalue weighted by atomic mass is 16.3. The Morgan fingerprint density at radius 1 is 1.26 bits per heavy atom. The minimum Gasteiger partial charge on any atom is -0.459 e. The summed E-state index contributed by atoms with van der Waals surface area (Å²) in [4.78, 5) is 44.3. The number of likely N-dealkylation sites (N-methyl/N-ethyl adjacent to an activating group) is 1. The first-order valence-electron chi connectivity index (χ1n) is 10.2. The summed E-state index contributed by atoms with van der Waals surface area (Å²) in [7, 11) is 1.69. The van der Waals surface area contributed by atoms with Gasteiger partial charge in [-0.3, -0.25) is 19.3 Å². The quantitative estimate of drug-likeness (QED) is 0.672. The lowest BCUT2D eigenvalue weighted by Crippen LogP contribution is -2.49. The molecule has 0 radical (unpaired) electrons. The highest BCUT2D eigenvalue weighted by Crippen LogP contribution is 2.30. The SMILES string of the molecule is CCN1CCN(Cc2cc3c(=O)n(C)cc(-c4ccnc(NC(C)=O)c4)c3o2)CC1=O. The summed E-state index contributed by atoms with van der Waals surface area (Å²) in [5.41, 5.74) is 1.82. The fourth-order valence-electron chi connectivity index (χ4n) is 3.88. The lowest BCUT2D eigenvalue weighted by molar-refractivity contribution is -0.136. The molecule has 9 heteroatoms. The van der Waals surface area contributed by atoms with Crippen molar-refractivity contribution in [2.75, 3.05) is 31.5 Å². The predicted molar refractivity (Wildman–Crippen MR) is 117 cm³/mol. The fourth-order valence-corrected chi connectivity index (χ4v) is 3.88. The van der Waals surface area contributed by atoms with E-state index in [-0.39, 0.29) is 17.4 Å². The number of hydrogen-bond donors (Lipinski definition) is 1. The topological polar surface area (TPSA) is 101 Å². The van der Waals surface area contributed by atoms with Crippen molar-refractivity contribution < 1.29 is 14.0 Å². The Kier molecular flexibility index (Phi) is 5.60. The molecule has 1 aliphatic rings. The van der Waals surface area contributed by atoms with Crippen LogP contribution in [0, 0.1) is 0 Å². The van der Waals surface area contributed by atoms with E-state index in [1.54, 1.807) is 37.6 Å². The molecule has 4 rings (SSSR count). The van der Waals surface area contributed by atoms with E-state index in [2.05, 4.69) is 10.3 Å². The average molecular weight is 423 g/mol. The average Bonchev–Trinajstić information content (AvgIpc) is 3.14. The predicted octanol–water partition coefficient (Wildman–Crippen LogP) is 1.82. The van der Waals surface area contributed by atoms with E-state index in [0.717, 1.165) is 17.7 Å². The Hall–Kier alpha value is -3.46. The Bertz CT molecular complexity index is 1210. The van der Waals surface area contributed by atoms with Crippen LogP contribution in [0.5, 0.6) is 0 Å². The van der Waals surface area contributed by atoms with Gasteiger partial charge in [-0.15, -0.1) is 0 Å². The molecule has 0 atom stereocenters. The number of aromatic nitrogens is 2. The summed E-state index contributed by atoms with van der Waals surface area (Å²) < 4.78 is 7.63. The molecule has 31 heavy (non-hydrogen) atoms. The van der Waals surface area contributed by atoms with Gasteiger partial charge < -0.3 is 19.2 Å². The molecule has 162 valence electrons. The van der Waals surface area contributed by atoms with Crippen LogP contribution in [-0.4, -0.2) is 57.3 Å². The molecule has 0 aromatic carbocycles. The molecule has 1 N–H and O–H groups in total. The van der Waals surface area contributed by atoms with Crippen LogP contribution in [0.15, 0.2) is 39.8 Å². The third-order valence-corrected chi connectivity index (χ3v) is 5.44. The van der Waals surface area contributed by atoms with Gasteiger partial charge in [0.15, 0.2) is 0 Å². The lowest BCUT2D eigenvalue weighted by atomic mass is 10.1. The van der Waals surface area contributed by atoms with Crippen molar-refractivity contribution in [1.82, 2.24) is 19.4 Å². The van der Waals surface area contributed by atoms with Crippen LogP contribution in [-0.2, 0) is 23.2 Å². The number of carbonyl (C=O) groups excluding carboxylic acids is 2. The van der Waals surface area contributed by atoms with Gasteiger partial charge in [-0.25, -0.2) is 4.98 Å². The van der Waals surface area contributed by atoms with Crippen molar-refractivity contribution >= 4 is 28.6 Å². The van der Waals surface area contributed by atoms with E-state index in [0.29, 0.717) is 48.7 Å². The second-order valence-corrected chi connectivity index (χ2v) is 7.71. The molecule has 3 aromatic rings. The zero-order valence-electron chi connectivity index (χ0n) is 17.8. The van der Waals surface area contributed by atoms with E-state index >= 15 is 0 Å². The Labute approximate surface area is 179 Å². The van der Waals surface area contributed by atoms with Crippen molar-refractivity contribution in [2.45, 2.75) is 20.4 Å². The molecule has 2 amide bonds. The molecule has 0 aliphatic carbocycles. The minimum absolute atomic E-state index is 0.101. The van der Waals surface area contributed by atoms with E-state index in [4.69, 9.17) is 4.42 Å². The highest BCUT2D eigenvalue weighted by Gasteiger charge is 2.24. The summed E-state index contributed by atoms with van der Waals surface area (Å²) >= 11 is 0. The summed E-state index contributed by atoms with van der Waals surface area (Å²) in [6.45, 7) is 6.33. The second-order valence-electron chi connectivity index (χ2n) is 7.71. The normalized spacial score (nSPS) is 14.9. The summed E-state index contributed by atoms with van der Waals surface area (Å²) in [5, 5.41) is 3.15. The van der Waals surface area contributed by atoms with Gasteiger partial charge in [-0.2, -0.15) is 0 Å². The molecule has 0 bridgehead atoms. The van der Waals surface area contributed by atoms with Crippen LogP contribution in [0.25, 0.3) is 22.1 Å². The monoisotopic (exact) mass is 423 g/mol. The van der Waals surface area contributed by atoms with E-state index in [9.17, 15) is 14.4 Å². The number of pyridine rings is 2. The van der Waals surface area contributed by atoms with Gasteiger partial charge in [-0.1, -0.05) is 0 Å². The molecule has 4 heterocycles. The number of fused-ring (bicyclic) bond motifs is 1. The van der Waals surface area contributed by atoms with Gasteiger partial charge in [0.2, 0.25) is 11.8 Å². The number of hydrogen-bond acceptors (Lipinski definition) is 6. The third-order valence-electron chi connectivity index (χ3n) is 5.44. The number of furan rings is 1. The summed E-state index contributed by atoms with van der Waals surface area (Å²) in [6.07, 6.45) is 3.31. The summed E-state index contributed by atoms with van der Waals surface area (Å²) in [5.74, 6) is 0.941. The number of nitrogens with one attached hydrogen (secondary N) is 1. The van der Waals surface area contributed by atoms with Crippen LogP contribution in [0.4, 0.5) is 5.82 Å². The van der Waals surface area contributed by atoms with Crippen LogP contribution in [0.1, 0.15) is 19.6 Å². The number of carbonyl (C=O) groups is 2. The maximum Gasteiger partial charge on any atom is 0.261 e. The van der Waals surface area contributed by atoms with Gasteiger partial charge in [0.05, 0.1) is 18.5 Å². The molecular formula is C22H25N5O4. The van der Waals surface area contributed by atoms with E-state index in [1.807, 2.05) is 16.7 Å². The van der Waals surface area contributed by atoms with Crippen molar-refractivity contribution in [3.05, 3.63) is 46.7 Å². The van der Waals surface area contributed by atoms with Gasteiger partial charge in [0.25, 0.3) is 5.56 Å². The first-order valence-corrected chi connectivity index (χ1v) is 10.2. The van der Waals surface area contributed by atoms with Gasteiger partial charge in [0.1, 0.15) is 17.2 Å². The molecule has 0 spiro atoms. The maximum atomic E-state index is 12.7. The Balaban J connectivity index is 1.70. The molecule has 1 saturated heterocycles. The highest BCUT2D eigenvalue weighted by molar-refractivity contribution is 5.93. The number of amides is 2. The Morgan fingerprint density at radius 3 is 2.77 bits per heavy atom. The smallest absolute Gasteiger partial charge is 0.261 e. The van der Waals surface area contributed by atoms with Gasteiger partial charge >= 0.3 is 0 Å². The van der Waals surface area contributed by atoms with Gasteiger partial charge in [0, 0.05) is 51.6 Å². The standard InChI is InChI=1S/C22H25N5O4/c1-4-27-8-7-26(13-20(27)29)11-16-10-17-21(31-16)18(12-25(3)22(17)30)15-5-6-23-19(9-15)24-14(2)28/h5-6,9-10,12H,4,7-8,11,13H2,1-3H3,(H,23,24,28). The number of anilines is 1. The molecule has 1 aliphatic heterocycles. The van der Waals surface area contributed by atoms with Crippen LogP contribution in [0.2, 0.25) is 0 Å².